The predicted octanol–water partition coefficient (Wildman–Crippen LogP) is 2.59. The standard InChI is InChI=1S/C13H16O2/c1-3-13(14)15-10-11(2)9-12-7-5-4-6-8-12/h3-8,11H,1,9-10H2,2H3. The molecule has 1 atom stereocenters. The lowest BCUT2D eigenvalue weighted by atomic mass is 10.0. The van der Waals surface area contributed by atoms with Gasteiger partial charge in [-0.25, -0.2) is 4.79 Å². The van der Waals surface area contributed by atoms with Gasteiger partial charge in [-0.15, -0.1) is 0 Å². The van der Waals surface area contributed by atoms with Crippen molar-refractivity contribution in [3.8, 4) is 0 Å². The third kappa shape index (κ3) is 4.45. The fourth-order valence-electron chi connectivity index (χ4n) is 1.36. The summed E-state index contributed by atoms with van der Waals surface area (Å²) in [5.41, 5.74) is 1.26. The maximum absolute atomic E-state index is 10.8. The Labute approximate surface area is 90.6 Å². The first kappa shape index (κ1) is 11.5. The molecule has 0 bridgehead atoms. The van der Waals surface area contributed by atoms with Crippen LogP contribution in [0.15, 0.2) is 43.0 Å². The van der Waals surface area contributed by atoms with Gasteiger partial charge in [-0.2, -0.15) is 0 Å². The Kier molecular flexibility index (Phi) is 4.61. The van der Waals surface area contributed by atoms with Crippen LogP contribution in [0.1, 0.15) is 12.5 Å². The number of hydrogen-bond acceptors (Lipinski definition) is 2. The Hall–Kier alpha value is -1.57. The minimum absolute atomic E-state index is 0.330. The monoisotopic (exact) mass is 204 g/mol. The van der Waals surface area contributed by atoms with Gasteiger partial charge < -0.3 is 4.74 Å². The van der Waals surface area contributed by atoms with Crippen molar-refractivity contribution >= 4 is 5.97 Å². The van der Waals surface area contributed by atoms with Gasteiger partial charge in [0.1, 0.15) is 0 Å². The van der Waals surface area contributed by atoms with E-state index in [1.165, 1.54) is 11.6 Å². The smallest absolute Gasteiger partial charge is 0.330 e. The van der Waals surface area contributed by atoms with Crippen molar-refractivity contribution in [3.63, 3.8) is 0 Å². The van der Waals surface area contributed by atoms with E-state index in [4.69, 9.17) is 4.74 Å². The van der Waals surface area contributed by atoms with E-state index in [1.54, 1.807) is 0 Å². The van der Waals surface area contributed by atoms with Gasteiger partial charge in [0.15, 0.2) is 0 Å². The van der Waals surface area contributed by atoms with Crippen molar-refractivity contribution in [1.82, 2.24) is 0 Å². The van der Waals surface area contributed by atoms with E-state index in [2.05, 4.69) is 25.6 Å². The van der Waals surface area contributed by atoms with Crippen molar-refractivity contribution in [2.24, 2.45) is 5.92 Å². The van der Waals surface area contributed by atoms with E-state index < -0.39 is 0 Å². The maximum Gasteiger partial charge on any atom is 0.330 e. The molecule has 15 heavy (non-hydrogen) atoms. The Morgan fingerprint density at radius 2 is 2.13 bits per heavy atom. The molecule has 0 fully saturated rings. The number of hydrogen-bond donors (Lipinski definition) is 0. The van der Waals surface area contributed by atoms with Crippen LogP contribution in [0.4, 0.5) is 0 Å². The summed E-state index contributed by atoms with van der Waals surface area (Å²) < 4.78 is 4.97. The van der Waals surface area contributed by atoms with Gasteiger partial charge in [-0.3, -0.25) is 0 Å². The van der Waals surface area contributed by atoms with Crippen LogP contribution in [0, 0.1) is 5.92 Å². The molecule has 1 aromatic carbocycles. The Balaban J connectivity index is 2.33. The van der Waals surface area contributed by atoms with Gasteiger partial charge in [0.2, 0.25) is 0 Å². The SMILES string of the molecule is C=CC(=O)OCC(C)Cc1ccccc1. The van der Waals surface area contributed by atoms with Gasteiger partial charge in [0, 0.05) is 6.08 Å². The summed E-state index contributed by atoms with van der Waals surface area (Å²) in [5.74, 6) is -0.0220. The van der Waals surface area contributed by atoms with Crippen LogP contribution >= 0.6 is 0 Å². The number of rotatable bonds is 5. The zero-order valence-corrected chi connectivity index (χ0v) is 8.98. The molecule has 2 heteroatoms. The van der Waals surface area contributed by atoms with Crippen molar-refractivity contribution in [3.05, 3.63) is 48.6 Å². The van der Waals surface area contributed by atoms with Gasteiger partial charge in [0.25, 0.3) is 0 Å². The molecular formula is C13H16O2. The number of carbonyl (C=O) groups is 1. The zero-order valence-electron chi connectivity index (χ0n) is 8.98. The van der Waals surface area contributed by atoms with Crippen molar-refractivity contribution < 1.29 is 9.53 Å². The molecule has 0 aliphatic carbocycles. The minimum atomic E-state index is -0.352. The lowest BCUT2D eigenvalue weighted by molar-refractivity contribution is -0.138. The number of carbonyl (C=O) groups excluding carboxylic acids is 1. The van der Waals surface area contributed by atoms with Crippen LogP contribution in [0.2, 0.25) is 0 Å². The molecule has 1 rings (SSSR count). The largest absolute Gasteiger partial charge is 0.462 e. The van der Waals surface area contributed by atoms with Crippen LogP contribution in [0.25, 0.3) is 0 Å². The van der Waals surface area contributed by atoms with E-state index in [1.807, 2.05) is 18.2 Å². The Bertz CT molecular complexity index is 317. The van der Waals surface area contributed by atoms with Crippen molar-refractivity contribution in [2.75, 3.05) is 6.61 Å². The van der Waals surface area contributed by atoms with E-state index >= 15 is 0 Å². The molecule has 0 amide bonds. The second kappa shape index (κ2) is 6.02. The van der Waals surface area contributed by atoms with Crippen LogP contribution in [-0.2, 0) is 16.0 Å². The van der Waals surface area contributed by atoms with Crippen LogP contribution in [-0.4, -0.2) is 12.6 Å². The highest BCUT2D eigenvalue weighted by atomic mass is 16.5. The summed E-state index contributed by atoms with van der Waals surface area (Å²) >= 11 is 0. The highest BCUT2D eigenvalue weighted by Gasteiger charge is 2.05. The predicted molar refractivity (Wildman–Crippen MR) is 60.5 cm³/mol. The summed E-state index contributed by atoms with van der Waals surface area (Å²) in [5, 5.41) is 0. The third-order valence-corrected chi connectivity index (χ3v) is 2.10. The normalized spacial score (nSPS) is 11.8. The Morgan fingerprint density at radius 1 is 1.47 bits per heavy atom. The summed E-state index contributed by atoms with van der Waals surface area (Å²) in [4.78, 5) is 10.8. The fourth-order valence-corrected chi connectivity index (χ4v) is 1.36. The first-order valence-corrected chi connectivity index (χ1v) is 5.05. The minimum Gasteiger partial charge on any atom is -0.462 e. The van der Waals surface area contributed by atoms with Crippen molar-refractivity contribution in [1.29, 1.82) is 0 Å². The van der Waals surface area contributed by atoms with Crippen LogP contribution in [0.5, 0.6) is 0 Å². The molecule has 0 spiro atoms. The first-order valence-electron chi connectivity index (χ1n) is 5.05. The summed E-state index contributed by atoms with van der Waals surface area (Å²) in [6.07, 6.45) is 2.11. The second-order valence-corrected chi connectivity index (χ2v) is 3.63. The molecule has 0 saturated carbocycles. The first-order chi connectivity index (χ1) is 7.22. The van der Waals surface area contributed by atoms with E-state index in [0.29, 0.717) is 12.5 Å². The average Bonchev–Trinajstić information content (AvgIpc) is 2.27. The number of esters is 1. The fraction of sp³-hybridized carbons (Fsp3) is 0.308. The average molecular weight is 204 g/mol. The highest BCUT2D eigenvalue weighted by Crippen LogP contribution is 2.08. The van der Waals surface area contributed by atoms with Gasteiger partial charge in [-0.05, 0) is 17.9 Å². The van der Waals surface area contributed by atoms with E-state index in [0.717, 1.165) is 6.42 Å². The molecule has 0 aliphatic rings. The van der Waals surface area contributed by atoms with Crippen LogP contribution in [0.3, 0.4) is 0 Å². The van der Waals surface area contributed by atoms with Gasteiger partial charge >= 0.3 is 5.97 Å². The number of benzene rings is 1. The quantitative estimate of drug-likeness (QED) is 0.544. The molecule has 0 N–H and O–H groups in total. The molecule has 0 aliphatic heterocycles. The summed E-state index contributed by atoms with van der Waals surface area (Å²) in [7, 11) is 0. The molecule has 0 radical (unpaired) electrons. The summed E-state index contributed by atoms with van der Waals surface area (Å²) in [6.45, 7) is 5.85. The Morgan fingerprint density at radius 3 is 2.73 bits per heavy atom. The molecule has 1 aromatic rings. The zero-order chi connectivity index (χ0) is 11.1. The lowest BCUT2D eigenvalue weighted by Crippen LogP contribution is -2.12. The number of ether oxygens (including phenoxy) is 1. The summed E-state index contributed by atoms with van der Waals surface area (Å²) in [6, 6.07) is 10.2. The van der Waals surface area contributed by atoms with Crippen molar-refractivity contribution in [2.45, 2.75) is 13.3 Å². The lowest BCUT2D eigenvalue weighted by Gasteiger charge is -2.10. The highest BCUT2D eigenvalue weighted by molar-refractivity contribution is 5.81. The maximum atomic E-state index is 10.8. The van der Waals surface area contributed by atoms with Gasteiger partial charge in [-0.1, -0.05) is 43.8 Å². The second-order valence-electron chi connectivity index (χ2n) is 3.63. The van der Waals surface area contributed by atoms with E-state index in [-0.39, 0.29) is 5.97 Å². The van der Waals surface area contributed by atoms with Gasteiger partial charge in [0.05, 0.1) is 6.61 Å². The molecule has 0 aromatic heterocycles. The molecular weight excluding hydrogens is 188 g/mol. The molecule has 0 saturated heterocycles. The molecule has 1 unspecified atom stereocenters. The van der Waals surface area contributed by atoms with Crippen LogP contribution < -0.4 is 0 Å². The topological polar surface area (TPSA) is 26.3 Å². The molecule has 2 nitrogen and oxygen atoms in total. The third-order valence-electron chi connectivity index (χ3n) is 2.10. The van der Waals surface area contributed by atoms with E-state index in [9.17, 15) is 4.79 Å². The molecule has 80 valence electrons. The molecule has 0 heterocycles.